The summed E-state index contributed by atoms with van der Waals surface area (Å²) in [5, 5.41) is 0. The van der Waals surface area contributed by atoms with Crippen molar-refractivity contribution < 1.29 is 17.7 Å². The molecule has 176 valence electrons. The lowest BCUT2D eigenvalue weighted by Crippen LogP contribution is -2.41. The van der Waals surface area contributed by atoms with Crippen LogP contribution in [0.25, 0.3) is 0 Å². The monoisotopic (exact) mass is 502 g/mol. The number of hydrogen-bond acceptors (Lipinski definition) is 7. The summed E-state index contributed by atoms with van der Waals surface area (Å²) in [5.74, 6) is 2.43. The van der Waals surface area contributed by atoms with Crippen molar-refractivity contribution in [3.05, 3.63) is 0 Å². The van der Waals surface area contributed by atoms with Crippen LogP contribution in [0.2, 0.25) is 24.2 Å². The molecule has 0 unspecified atom stereocenters. The Morgan fingerprint density at radius 1 is 0.517 bits per heavy atom. The Labute approximate surface area is 195 Å². The van der Waals surface area contributed by atoms with Crippen LogP contribution in [0.5, 0.6) is 0 Å². The molecule has 4 nitrogen and oxygen atoms in total. The number of hydrogen-bond donors (Lipinski definition) is 0. The smallest absolute Gasteiger partial charge is 0.337 e. The van der Waals surface area contributed by atoms with Gasteiger partial charge >= 0.3 is 17.1 Å². The summed E-state index contributed by atoms with van der Waals surface area (Å²) in [5.41, 5.74) is 0. The molecular formula is C20H46O4S3Si2. The molecule has 0 aliphatic rings. The predicted molar refractivity (Wildman–Crippen MR) is 140 cm³/mol. The normalized spacial score (nSPS) is 12.6. The minimum atomic E-state index is -1.93. The lowest BCUT2D eigenvalue weighted by molar-refractivity contribution is 0.182. The zero-order valence-corrected chi connectivity index (χ0v) is 24.2. The summed E-state index contributed by atoms with van der Waals surface area (Å²) in [4.78, 5) is 0. The maximum atomic E-state index is 6.05. The number of rotatable bonds is 22. The van der Waals surface area contributed by atoms with E-state index in [1.807, 2.05) is 31.4 Å². The molecule has 0 aromatic heterocycles. The fraction of sp³-hybridized carbons (Fsp3) is 1.00. The van der Waals surface area contributed by atoms with Gasteiger partial charge in [-0.2, -0.15) is 0 Å². The summed E-state index contributed by atoms with van der Waals surface area (Å²) in [6.07, 6.45) is 4.94. The maximum absolute atomic E-state index is 6.05. The molecule has 0 fully saturated rings. The van der Waals surface area contributed by atoms with Crippen molar-refractivity contribution in [1.82, 2.24) is 0 Å². The largest absolute Gasteiger partial charge is 0.394 e. The van der Waals surface area contributed by atoms with Crippen LogP contribution >= 0.6 is 31.4 Å². The van der Waals surface area contributed by atoms with E-state index in [9.17, 15) is 0 Å². The Hall–Kier alpha value is 1.32. The van der Waals surface area contributed by atoms with Crippen LogP contribution in [-0.2, 0) is 17.7 Å². The first-order valence-corrected chi connectivity index (χ1v) is 19.8. The Bertz CT molecular complexity index is 325. The van der Waals surface area contributed by atoms with Crippen molar-refractivity contribution in [2.24, 2.45) is 0 Å². The summed E-state index contributed by atoms with van der Waals surface area (Å²) < 4.78 is 24.2. The average molecular weight is 503 g/mol. The van der Waals surface area contributed by atoms with Gasteiger partial charge in [0, 0.05) is 37.9 Å². The van der Waals surface area contributed by atoms with Gasteiger partial charge in [-0.25, -0.2) is 0 Å². The highest BCUT2D eigenvalue weighted by Gasteiger charge is 2.34. The minimum absolute atomic E-state index is 0.776. The minimum Gasteiger partial charge on any atom is -0.394 e. The van der Waals surface area contributed by atoms with Gasteiger partial charge in [0.1, 0.15) is 0 Å². The third-order valence-electron chi connectivity index (χ3n) is 4.87. The first-order chi connectivity index (χ1) is 14.1. The van der Waals surface area contributed by atoms with Crippen LogP contribution in [-0.4, -0.2) is 55.1 Å². The topological polar surface area (TPSA) is 36.9 Å². The molecule has 0 N–H and O–H groups in total. The van der Waals surface area contributed by atoms with Crippen molar-refractivity contribution in [3.8, 4) is 0 Å². The Morgan fingerprint density at radius 3 is 1.14 bits per heavy atom. The lowest BCUT2D eigenvalue weighted by Gasteiger charge is -2.29. The molecule has 0 saturated carbocycles. The molecule has 0 heterocycles. The molecule has 0 aliphatic heterocycles. The van der Waals surface area contributed by atoms with Gasteiger partial charge in [0.2, 0.25) is 0 Å². The fourth-order valence-electron chi connectivity index (χ4n) is 3.40. The van der Waals surface area contributed by atoms with Crippen LogP contribution in [0.1, 0.15) is 67.2 Å². The number of unbranched alkanes of at least 4 members (excludes halogenated alkanes) is 2. The molecule has 9 heteroatoms. The highest BCUT2D eigenvalue weighted by molar-refractivity contribution is 9.09. The summed E-state index contributed by atoms with van der Waals surface area (Å²) >= 11 is 0. The van der Waals surface area contributed by atoms with Gasteiger partial charge in [-0.1, -0.05) is 48.3 Å². The van der Waals surface area contributed by atoms with Crippen LogP contribution in [0, 0.1) is 0 Å². The Kier molecular flexibility index (Phi) is 20.9. The molecule has 0 aromatic carbocycles. The van der Waals surface area contributed by atoms with E-state index >= 15 is 0 Å². The molecule has 0 bridgehead atoms. The second-order valence-corrected chi connectivity index (χ2v) is 18.6. The fourth-order valence-corrected chi connectivity index (χ4v) is 13.4. The van der Waals surface area contributed by atoms with E-state index in [1.54, 1.807) is 0 Å². The molecule has 0 radical (unpaired) electrons. The van der Waals surface area contributed by atoms with Gasteiger partial charge in [-0.3, -0.25) is 0 Å². The van der Waals surface area contributed by atoms with Gasteiger partial charge in [0.15, 0.2) is 0 Å². The molecular weight excluding hydrogens is 457 g/mol. The van der Waals surface area contributed by atoms with Crippen LogP contribution in [0.4, 0.5) is 0 Å². The van der Waals surface area contributed by atoms with E-state index in [4.69, 9.17) is 17.7 Å². The SMILES string of the molecule is CCO[Si](CC)(CCCCSSSCCCC[Si](CC)(OCC)OCC)OCC. The van der Waals surface area contributed by atoms with E-state index < -0.39 is 17.1 Å². The van der Waals surface area contributed by atoms with E-state index in [-0.39, 0.29) is 0 Å². The highest BCUT2D eigenvalue weighted by atomic mass is 33.5. The Morgan fingerprint density at radius 2 is 0.862 bits per heavy atom. The zero-order valence-electron chi connectivity index (χ0n) is 19.8. The lowest BCUT2D eigenvalue weighted by atomic mass is 10.4. The third kappa shape index (κ3) is 14.2. The molecule has 0 rings (SSSR count). The van der Waals surface area contributed by atoms with E-state index in [0.717, 1.165) is 50.6 Å². The summed E-state index contributed by atoms with van der Waals surface area (Å²) in [6, 6.07) is 4.38. The molecule has 29 heavy (non-hydrogen) atoms. The van der Waals surface area contributed by atoms with E-state index in [0.29, 0.717) is 0 Å². The van der Waals surface area contributed by atoms with Crippen molar-refractivity contribution >= 4 is 48.5 Å². The molecule has 0 aromatic rings. The zero-order chi connectivity index (χ0) is 21.8. The first-order valence-electron chi connectivity index (χ1n) is 11.5. The van der Waals surface area contributed by atoms with Crippen molar-refractivity contribution in [3.63, 3.8) is 0 Å². The van der Waals surface area contributed by atoms with Crippen LogP contribution in [0.15, 0.2) is 0 Å². The van der Waals surface area contributed by atoms with Crippen LogP contribution in [0.3, 0.4) is 0 Å². The average Bonchev–Trinajstić information content (AvgIpc) is 2.72. The van der Waals surface area contributed by atoms with Gasteiger partial charge < -0.3 is 17.7 Å². The highest BCUT2D eigenvalue weighted by Crippen LogP contribution is 2.36. The molecule has 0 aliphatic carbocycles. The molecule has 0 spiro atoms. The van der Waals surface area contributed by atoms with Gasteiger partial charge in [-0.15, -0.1) is 0 Å². The molecule has 0 atom stereocenters. The Balaban J connectivity index is 3.77. The standard InChI is InChI=1S/C20H46O4S3Si2/c1-7-21-28(11-5,22-8-2)19-15-13-17-25-27-26-18-14-16-20-29(12-6,23-9-3)24-10-4/h7-20H2,1-6H3. The maximum Gasteiger partial charge on any atom is 0.337 e. The molecule has 0 amide bonds. The predicted octanol–water partition coefficient (Wildman–Crippen LogP) is 7.65. The van der Waals surface area contributed by atoms with Gasteiger partial charge in [0.25, 0.3) is 0 Å². The van der Waals surface area contributed by atoms with E-state index in [2.05, 4.69) is 41.5 Å². The molecule has 0 saturated heterocycles. The van der Waals surface area contributed by atoms with Crippen molar-refractivity contribution in [2.75, 3.05) is 37.9 Å². The van der Waals surface area contributed by atoms with Gasteiger partial charge in [0.05, 0.1) is 0 Å². The van der Waals surface area contributed by atoms with E-state index in [1.165, 1.54) is 37.2 Å². The second kappa shape index (κ2) is 20.0. The summed E-state index contributed by atoms with van der Waals surface area (Å²) in [7, 11) is 2.08. The van der Waals surface area contributed by atoms with Gasteiger partial charge in [-0.05, 0) is 74.5 Å². The third-order valence-corrected chi connectivity index (χ3v) is 16.9. The van der Waals surface area contributed by atoms with Crippen molar-refractivity contribution in [2.45, 2.75) is 91.4 Å². The van der Waals surface area contributed by atoms with Crippen molar-refractivity contribution in [1.29, 1.82) is 0 Å². The van der Waals surface area contributed by atoms with Crippen LogP contribution < -0.4 is 0 Å². The quantitative estimate of drug-likeness (QED) is 0.0854. The second-order valence-electron chi connectivity index (χ2n) is 6.89. The summed E-state index contributed by atoms with van der Waals surface area (Å²) in [6.45, 7) is 15.9. The first kappa shape index (κ1) is 30.3.